The van der Waals surface area contributed by atoms with Crippen LogP contribution < -0.4 is 57.1 Å². The van der Waals surface area contributed by atoms with E-state index in [9.17, 15) is 23.1 Å². The van der Waals surface area contributed by atoms with E-state index in [-0.39, 0.29) is 51.4 Å². The van der Waals surface area contributed by atoms with Gasteiger partial charge in [0.2, 0.25) is 5.75 Å². The van der Waals surface area contributed by atoms with E-state index in [2.05, 4.69) is 0 Å². The summed E-state index contributed by atoms with van der Waals surface area (Å²) >= 11 is 0. The summed E-state index contributed by atoms with van der Waals surface area (Å²) in [5.74, 6) is -0.868. The van der Waals surface area contributed by atoms with Gasteiger partial charge in [-0.25, -0.2) is 8.42 Å². The Morgan fingerprint density at radius 3 is 2.25 bits per heavy atom. The Hall–Kier alpha value is -0.234. The van der Waals surface area contributed by atoms with Gasteiger partial charge in [-0.1, -0.05) is 0 Å². The maximum Gasteiger partial charge on any atom is 1.00 e. The number of benzene rings is 1. The first-order valence-electron chi connectivity index (χ1n) is 3.46. The molecule has 0 saturated heterocycles. The van der Waals surface area contributed by atoms with Crippen LogP contribution in [0.4, 0.5) is 11.4 Å². The maximum atomic E-state index is 10.6. The van der Waals surface area contributed by atoms with Crippen molar-refractivity contribution in [2.45, 2.75) is 4.90 Å². The normalized spacial score (nSPS) is 10.6. The average molecular weight is 272 g/mol. The number of nitro groups is 1. The molecule has 8 nitrogen and oxygen atoms in total. The van der Waals surface area contributed by atoms with E-state index in [0.29, 0.717) is 12.1 Å². The predicted octanol–water partition coefficient (Wildman–Crippen LogP) is -3.21. The van der Waals surface area contributed by atoms with Crippen molar-refractivity contribution in [1.82, 2.24) is 0 Å². The second-order valence-corrected chi connectivity index (χ2v) is 3.97. The standard InChI is InChI=1S/C6H6N2O6S.K/c7-4-1-3(15(12,13)14)2-5(6(4)9)8(10)11;/h1-2,9H,7H2,(H,12,13,14);/q;+1/p-1. The van der Waals surface area contributed by atoms with Crippen molar-refractivity contribution < 1.29 is 74.4 Å². The Morgan fingerprint density at radius 1 is 1.38 bits per heavy atom. The number of rotatable bonds is 2. The summed E-state index contributed by atoms with van der Waals surface area (Å²) in [4.78, 5) is 8.45. The number of nitrogens with zero attached hydrogens (tertiary/aromatic N) is 1. The molecule has 0 amide bonds. The van der Waals surface area contributed by atoms with E-state index in [1.165, 1.54) is 0 Å². The molecule has 0 aliphatic carbocycles. The fraction of sp³-hybridized carbons (Fsp3) is 0. The van der Waals surface area contributed by atoms with Gasteiger partial charge >= 0.3 is 57.1 Å². The van der Waals surface area contributed by atoms with Crippen molar-refractivity contribution in [2.24, 2.45) is 0 Å². The van der Waals surface area contributed by atoms with Gasteiger partial charge in [-0.15, -0.1) is 0 Å². The van der Waals surface area contributed by atoms with E-state index in [0.717, 1.165) is 0 Å². The molecule has 1 aromatic rings. The zero-order valence-corrected chi connectivity index (χ0v) is 12.0. The number of nitrogens with two attached hydrogens (primary N) is 1. The molecular weight excluding hydrogens is 267 g/mol. The van der Waals surface area contributed by atoms with Crippen molar-refractivity contribution in [3.05, 3.63) is 22.2 Å². The van der Waals surface area contributed by atoms with Crippen molar-refractivity contribution in [1.29, 1.82) is 0 Å². The van der Waals surface area contributed by atoms with Gasteiger partial charge in [0, 0.05) is 6.07 Å². The van der Waals surface area contributed by atoms with E-state index < -0.39 is 37.1 Å². The molecule has 82 valence electrons. The quantitative estimate of drug-likeness (QED) is 0.144. The SMILES string of the molecule is Nc1cc(S(=O)(=O)[O-])cc([N+](=O)[O-])c1O.[K+]. The van der Waals surface area contributed by atoms with Crippen LogP contribution >= 0.6 is 0 Å². The predicted molar refractivity (Wildman–Crippen MR) is 47.1 cm³/mol. The molecule has 0 fully saturated rings. The molecule has 1 rings (SSSR count). The van der Waals surface area contributed by atoms with E-state index in [4.69, 9.17) is 10.8 Å². The maximum absolute atomic E-state index is 10.6. The second-order valence-electron chi connectivity index (χ2n) is 2.59. The smallest absolute Gasteiger partial charge is 0.744 e. The van der Waals surface area contributed by atoms with Gasteiger partial charge in [0.15, 0.2) is 0 Å². The number of hydrogen-bond acceptors (Lipinski definition) is 7. The van der Waals surface area contributed by atoms with Crippen LogP contribution in [0, 0.1) is 10.1 Å². The van der Waals surface area contributed by atoms with Crippen molar-refractivity contribution in [3.63, 3.8) is 0 Å². The van der Waals surface area contributed by atoms with E-state index in [1.807, 2.05) is 0 Å². The first-order chi connectivity index (χ1) is 6.73. The zero-order valence-electron chi connectivity index (χ0n) is 8.08. The van der Waals surface area contributed by atoms with Crippen molar-refractivity contribution in [2.75, 3.05) is 5.73 Å². The summed E-state index contributed by atoms with van der Waals surface area (Å²) in [6.07, 6.45) is 0. The molecule has 16 heavy (non-hydrogen) atoms. The minimum atomic E-state index is -4.84. The molecule has 3 N–H and O–H groups in total. The third-order valence-electron chi connectivity index (χ3n) is 1.58. The van der Waals surface area contributed by atoms with Crippen LogP contribution in [0.3, 0.4) is 0 Å². The summed E-state index contributed by atoms with van der Waals surface area (Å²) in [5, 5.41) is 19.4. The van der Waals surface area contributed by atoms with Gasteiger partial charge < -0.3 is 15.4 Å². The molecule has 0 atom stereocenters. The molecule has 0 bridgehead atoms. The summed E-state index contributed by atoms with van der Waals surface area (Å²) < 4.78 is 31.7. The van der Waals surface area contributed by atoms with Crippen LogP contribution in [0.5, 0.6) is 5.75 Å². The third kappa shape index (κ3) is 3.38. The number of nitro benzene ring substituents is 1. The van der Waals surface area contributed by atoms with Gasteiger partial charge in [-0.2, -0.15) is 0 Å². The van der Waals surface area contributed by atoms with Crippen LogP contribution in [0.1, 0.15) is 0 Å². The van der Waals surface area contributed by atoms with Crippen molar-refractivity contribution in [3.8, 4) is 5.75 Å². The Morgan fingerprint density at radius 2 is 1.88 bits per heavy atom. The minimum Gasteiger partial charge on any atom is -0.744 e. The van der Waals surface area contributed by atoms with E-state index >= 15 is 0 Å². The molecule has 0 spiro atoms. The number of phenolic OH excluding ortho intramolecular Hbond substituents is 1. The summed E-state index contributed by atoms with van der Waals surface area (Å²) in [5.41, 5.74) is 3.63. The number of anilines is 1. The van der Waals surface area contributed by atoms with Crippen LogP contribution in [0.25, 0.3) is 0 Å². The molecular formula is C6H5KN2O6S. The number of nitrogen functional groups attached to an aromatic ring is 1. The van der Waals surface area contributed by atoms with Gasteiger partial charge in [-0.05, 0) is 6.07 Å². The Labute approximate surface area is 133 Å². The molecule has 10 heteroatoms. The molecule has 0 aliphatic heterocycles. The topological polar surface area (TPSA) is 147 Å². The van der Waals surface area contributed by atoms with E-state index in [1.54, 1.807) is 0 Å². The summed E-state index contributed by atoms with van der Waals surface area (Å²) in [7, 11) is -4.84. The molecule has 0 aliphatic rings. The molecule has 0 saturated carbocycles. The monoisotopic (exact) mass is 272 g/mol. The van der Waals surface area contributed by atoms with Crippen LogP contribution in [0.15, 0.2) is 17.0 Å². The minimum absolute atomic E-state index is 0. The summed E-state index contributed by atoms with van der Waals surface area (Å²) in [6, 6.07) is 1.11. The van der Waals surface area contributed by atoms with Crippen LogP contribution in [-0.2, 0) is 10.1 Å². The Balaban J connectivity index is 0.00000225. The first kappa shape index (κ1) is 15.8. The number of hydrogen-bond donors (Lipinski definition) is 2. The molecule has 0 unspecified atom stereocenters. The number of phenols is 1. The van der Waals surface area contributed by atoms with Crippen LogP contribution in [-0.4, -0.2) is 23.0 Å². The summed E-state index contributed by atoms with van der Waals surface area (Å²) in [6.45, 7) is 0. The van der Waals surface area contributed by atoms with Gasteiger partial charge in [-0.3, -0.25) is 10.1 Å². The fourth-order valence-corrected chi connectivity index (χ4v) is 1.43. The number of aromatic hydroxyl groups is 1. The zero-order chi connectivity index (χ0) is 11.8. The van der Waals surface area contributed by atoms with Crippen LogP contribution in [0.2, 0.25) is 0 Å². The molecule has 1 aromatic carbocycles. The largest absolute Gasteiger partial charge is 1.00 e. The molecule has 0 radical (unpaired) electrons. The molecule has 0 heterocycles. The fourth-order valence-electron chi connectivity index (χ4n) is 0.898. The molecule has 0 aromatic heterocycles. The van der Waals surface area contributed by atoms with Gasteiger partial charge in [0.05, 0.1) is 15.5 Å². The Bertz CT molecular complexity index is 528. The Kier molecular flexibility index (Phi) is 5.32. The third-order valence-corrected chi connectivity index (χ3v) is 2.39. The first-order valence-corrected chi connectivity index (χ1v) is 4.87. The van der Waals surface area contributed by atoms with Gasteiger partial charge in [0.1, 0.15) is 10.1 Å². The van der Waals surface area contributed by atoms with Gasteiger partial charge in [0.25, 0.3) is 0 Å². The average Bonchev–Trinajstić information content (AvgIpc) is 2.06. The second kappa shape index (κ2) is 5.40. The van der Waals surface area contributed by atoms with Crippen molar-refractivity contribution >= 4 is 21.5 Å².